The van der Waals surface area contributed by atoms with Gasteiger partial charge in [0.1, 0.15) is 0 Å². The zero-order valence-electron chi connectivity index (χ0n) is 6.56. The van der Waals surface area contributed by atoms with Crippen molar-refractivity contribution >= 4 is 22.6 Å². The molecule has 0 aromatic heterocycles. The van der Waals surface area contributed by atoms with Crippen molar-refractivity contribution < 1.29 is 13.2 Å². The SMILES string of the molecule is C=NC(=O)N1CCS(=O)(=O)CC1. The lowest BCUT2D eigenvalue weighted by molar-refractivity contribution is 0.212. The molecule has 0 radical (unpaired) electrons. The number of amides is 2. The first-order valence-corrected chi connectivity index (χ1v) is 5.33. The third-order valence-electron chi connectivity index (χ3n) is 1.75. The van der Waals surface area contributed by atoms with Crippen molar-refractivity contribution in [3.05, 3.63) is 0 Å². The summed E-state index contributed by atoms with van der Waals surface area (Å²) >= 11 is 0. The van der Waals surface area contributed by atoms with E-state index < -0.39 is 15.9 Å². The summed E-state index contributed by atoms with van der Waals surface area (Å²) in [5, 5.41) is 0. The fourth-order valence-corrected chi connectivity index (χ4v) is 2.20. The van der Waals surface area contributed by atoms with E-state index >= 15 is 0 Å². The van der Waals surface area contributed by atoms with Gasteiger partial charge in [0.05, 0.1) is 11.5 Å². The fraction of sp³-hybridized carbons (Fsp3) is 0.667. The minimum Gasteiger partial charge on any atom is -0.321 e. The van der Waals surface area contributed by atoms with E-state index in [1.165, 1.54) is 4.90 Å². The summed E-state index contributed by atoms with van der Waals surface area (Å²) in [5.74, 6) is 0.0719. The highest BCUT2D eigenvalue weighted by Crippen LogP contribution is 2.04. The molecule has 5 nitrogen and oxygen atoms in total. The summed E-state index contributed by atoms with van der Waals surface area (Å²) in [7, 11) is -2.91. The van der Waals surface area contributed by atoms with Crippen molar-refractivity contribution in [2.45, 2.75) is 0 Å². The van der Waals surface area contributed by atoms with Crippen molar-refractivity contribution in [3.63, 3.8) is 0 Å². The van der Waals surface area contributed by atoms with Crippen molar-refractivity contribution in [1.29, 1.82) is 0 Å². The van der Waals surface area contributed by atoms with Gasteiger partial charge in [0.25, 0.3) is 0 Å². The average Bonchev–Trinajstić information content (AvgIpc) is 2.03. The number of carbonyl (C=O) groups excluding carboxylic acids is 1. The van der Waals surface area contributed by atoms with Gasteiger partial charge in [0.15, 0.2) is 9.84 Å². The van der Waals surface area contributed by atoms with E-state index in [0.717, 1.165) is 0 Å². The Hall–Kier alpha value is -0.910. The second-order valence-corrected chi connectivity index (χ2v) is 4.88. The molecule has 1 fully saturated rings. The standard InChI is InChI=1S/C6H10N2O3S/c1-7-6(9)8-2-4-12(10,11)5-3-8/h1-5H2. The molecule has 0 aromatic rings. The number of nitrogens with zero attached hydrogens (tertiary/aromatic N) is 2. The van der Waals surface area contributed by atoms with Gasteiger partial charge in [0.2, 0.25) is 0 Å². The summed E-state index contributed by atoms with van der Waals surface area (Å²) in [6.07, 6.45) is 0. The van der Waals surface area contributed by atoms with E-state index in [2.05, 4.69) is 11.7 Å². The van der Waals surface area contributed by atoms with Gasteiger partial charge in [-0.25, -0.2) is 18.2 Å². The van der Waals surface area contributed by atoms with Crippen LogP contribution < -0.4 is 0 Å². The van der Waals surface area contributed by atoms with Crippen molar-refractivity contribution in [1.82, 2.24) is 4.90 Å². The first-order chi connectivity index (χ1) is 5.55. The molecule has 0 saturated carbocycles. The Balaban J connectivity index is 2.57. The summed E-state index contributed by atoms with van der Waals surface area (Å²) in [4.78, 5) is 15.5. The smallest absolute Gasteiger partial charge is 0.321 e. The molecule has 12 heavy (non-hydrogen) atoms. The van der Waals surface area contributed by atoms with Gasteiger partial charge in [-0.05, 0) is 6.72 Å². The van der Waals surface area contributed by atoms with Crippen LogP contribution >= 0.6 is 0 Å². The topological polar surface area (TPSA) is 66.8 Å². The maximum Gasteiger partial charge on any atom is 0.342 e. The molecule has 1 aliphatic heterocycles. The van der Waals surface area contributed by atoms with E-state index in [1.54, 1.807) is 0 Å². The van der Waals surface area contributed by atoms with E-state index in [0.29, 0.717) is 0 Å². The third kappa shape index (κ3) is 2.04. The molecule has 1 heterocycles. The molecular formula is C6H10N2O3S. The molecule has 0 bridgehead atoms. The van der Waals surface area contributed by atoms with Gasteiger partial charge >= 0.3 is 6.03 Å². The minimum atomic E-state index is -2.91. The van der Waals surface area contributed by atoms with Crippen LogP contribution in [0.3, 0.4) is 0 Å². The summed E-state index contributed by atoms with van der Waals surface area (Å²) in [6.45, 7) is 3.55. The van der Waals surface area contributed by atoms with Gasteiger partial charge < -0.3 is 4.90 Å². The van der Waals surface area contributed by atoms with Crippen LogP contribution in [0, 0.1) is 0 Å². The van der Waals surface area contributed by atoms with Crippen LogP contribution in [0.25, 0.3) is 0 Å². The number of hydrogen-bond acceptors (Lipinski definition) is 3. The Morgan fingerprint density at radius 3 is 2.25 bits per heavy atom. The van der Waals surface area contributed by atoms with Crippen molar-refractivity contribution in [3.8, 4) is 0 Å². The van der Waals surface area contributed by atoms with Crippen LogP contribution in [0.4, 0.5) is 4.79 Å². The number of urea groups is 1. The quantitative estimate of drug-likeness (QED) is 0.485. The highest BCUT2D eigenvalue weighted by atomic mass is 32.2. The van der Waals surface area contributed by atoms with E-state index in [1.807, 2.05) is 0 Å². The monoisotopic (exact) mass is 190 g/mol. The predicted octanol–water partition coefficient (Wildman–Crippen LogP) is -0.463. The molecule has 0 N–H and O–H groups in total. The summed E-state index contributed by atoms with van der Waals surface area (Å²) in [5.41, 5.74) is 0. The molecule has 0 spiro atoms. The summed E-state index contributed by atoms with van der Waals surface area (Å²) in [6, 6.07) is -0.440. The minimum absolute atomic E-state index is 0.0360. The Morgan fingerprint density at radius 2 is 1.83 bits per heavy atom. The first-order valence-electron chi connectivity index (χ1n) is 3.51. The lowest BCUT2D eigenvalue weighted by atomic mass is 10.5. The highest BCUT2D eigenvalue weighted by molar-refractivity contribution is 7.91. The Morgan fingerprint density at radius 1 is 1.33 bits per heavy atom. The molecular weight excluding hydrogens is 180 g/mol. The second-order valence-electron chi connectivity index (χ2n) is 2.58. The van der Waals surface area contributed by atoms with E-state index in [9.17, 15) is 13.2 Å². The summed E-state index contributed by atoms with van der Waals surface area (Å²) < 4.78 is 21.8. The molecule has 1 rings (SSSR count). The Kier molecular flexibility index (Phi) is 2.46. The third-order valence-corrected chi connectivity index (χ3v) is 3.36. The largest absolute Gasteiger partial charge is 0.342 e. The van der Waals surface area contributed by atoms with Crippen LogP contribution in [0.1, 0.15) is 0 Å². The van der Waals surface area contributed by atoms with Gasteiger partial charge in [-0.3, -0.25) is 0 Å². The zero-order valence-corrected chi connectivity index (χ0v) is 7.38. The van der Waals surface area contributed by atoms with Crippen molar-refractivity contribution in [2.75, 3.05) is 24.6 Å². The number of sulfone groups is 1. The van der Waals surface area contributed by atoms with Crippen LogP contribution in [-0.4, -0.2) is 50.7 Å². The normalized spacial score (nSPS) is 21.8. The molecule has 6 heteroatoms. The zero-order chi connectivity index (χ0) is 9.19. The molecule has 0 aromatic carbocycles. The predicted molar refractivity (Wildman–Crippen MR) is 45.2 cm³/mol. The van der Waals surface area contributed by atoms with Gasteiger partial charge in [0, 0.05) is 13.1 Å². The maximum atomic E-state index is 10.9. The highest BCUT2D eigenvalue weighted by Gasteiger charge is 2.23. The molecule has 0 unspecified atom stereocenters. The van der Waals surface area contributed by atoms with Crippen molar-refractivity contribution in [2.24, 2.45) is 4.99 Å². The fourth-order valence-electron chi connectivity index (χ4n) is 1.00. The molecule has 0 atom stereocenters. The molecule has 2 amide bonds. The Labute approximate surface area is 71.0 Å². The molecule has 0 aliphatic carbocycles. The van der Waals surface area contributed by atoms with Gasteiger partial charge in [-0.1, -0.05) is 0 Å². The van der Waals surface area contributed by atoms with E-state index in [-0.39, 0.29) is 24.6 Å². The Bertz CT molecular complexity index is 282. The van der Waals surface area contributed by atoms with Crippen LogP contribution in [-0.2, 0) is 9.84 Å². The first kappa shape index (κ1) is 9.18. The van der Waals surface area contributed by atoms with Gasteiger partial charge in [-0.15, -0.1) is 0 Å². The van der Waals surface area contributed by atoms with Gasteiger partial charge in [-0.2, -0.15) is 0 Å². The number of rotatable bonds is 0. The number of hydrogen-bond donors (Lipinski definition) is 0. The number of carbonyl (C=O) groups is 1. The van der Waals surface area contributed by atoms with Crippen LogP contribution in [0.2, 0.25) is 0 Å². The average molecular weight is 190 g/mol. The molecule has 1 saturated heterocycles. The van der Waals surface area contributed by atoms with E-state index in [4.69, 9.17) is 0 Å². The second kappa shape index (κ2) is 3.22. The molecule has 1 aliphatic rings. The maximum absolute atomic E-state index is 10.9. The number of aliphatic imine (C=N–C) groups is 1. The lowest BCUT2D eigenvalue weighted by Gasteiger charge is -2.24. The van der Waals surface area contributed by atoms with Crippen LogP contribution in [0.5, 0.6) is 0 Å². The lowest BCUT2D eigenvalue weighted by Crippen LogP contribution is -2.42. The van der Waals surface area contributed by atoms with Crippen LogP contribution in [0.15, 0.2) is 4.99 Å². The molecule has 68 valence electrons.